The number of aliphatic imine (C=N–C) groups is 1. The number of rotatable bonds is 6. The molecule has 0 aliphatic carbocycles. The predicted molar refractivity (Wildman–Crippen MR) is 142 cm³/mol. The third-order valence-electron chi connectivity index (χ3n) is 6.10. The molecule has 0 spiro atoms. The number of anilines is 1. The highest BCUT2D eigenvalue weighted by atomic mass is 32.2. The lowest BCUT2D eigenvalue weighted by atomic mass is 9.92. The molecular weight excluding hydrogens is 490 g/mol. The fraction of sp³-hybridized carbons (Fsp3) is 0.222. The van der Waals surface area contributed by atoms with Crippen molar-refractivity contribution < 1.29 is 19.1 Å². The van der Waals surface area contributed by atoms with Crippen molar-refractivity contribution in [3.8, 4) is 0 Å². The number of para-hydroxylation sites is 1. The summed E-state index contributed by atoms with van der Waals surface area (Å²) in [5, 5.41) is 11.1. The highest BCUT2D eigenvalue weighted by Crippen LogP contribution is 2.47. The Hall–Kier alpha value is -4.18. The molecule has 0 saturated carbocycles. The van der Waals surface area contributed by atoms with E-state index in [-0.39, 0.29) is 29.8 Å². The lowest BCUT2D eigenvalue weighted by Gasteiger charge is -2.37. The highest BCUT2D eigenvalue weighted by Gasteiger charge is 2.48. The number of carbonyl (C=O) groups excluding carboxylic acids is 3. The third kappa shape index (κ3) is 4.44. The summed E-state index contributed by atoms with van der Waals surface area (Å²) < 4.78 is 5.40. The van der Waals surface area contributed by atoms with Crippen LogP contribution in [-0.4, -0.2) is 40.2 Å². The van der Waals surface area contributed by atoms with Crippen LogP contribution < -0.4 is 10.3 Å². The maximum Gasteiger partial charge on any atom is 0.340 e. The van der Waals surface area contributed by atoms with Crippen LogP contribution in [0.1, 0.15) is 32.4 Å². The van der Waals surface area contributed by atoms with Crippen LogP contribution in [0.15, 0.2) is 93.3 Å². The van der Waals surface area contributed by atoms with Crippen LogP contribution in [0, 0.1) is 5.92 Å². The summed E-state index contributed by atoms with van der Waals surface area (Å²) >= 11 is 1.33. The molecule has 2 aromatic carbocycles. The van der Waals surface area contributed by atoms with Crippen molar-refractivity contribution in [2.45, 2.75) is 26.8 Å². The highest BCUT2D eigenvalue weighted by molar-refractivity contribution is 8.16. The molecule has 37 heavy (non-hydrogen) atoms. The molecule has 2 aromatic rings. The van der Waals surface area contributed by atoms with Gasteiger partial charge in [0.25, 0.3) is 5.91 Å². The van der Waals surface area contributed by atoms with E-state index in [1.54, 1.807) is 6.92 Å². The largest absolute Gasteiger partial charge is 0.462 e. The Balaban J connectivity index is 1.61. The summed E-state index contributed by atoms with van der Waals surface area (Å²) in [5.74, 6) is -1.67. The van der Waals surface area contributed by atoms with Gasteiger partial charge >= 0.3 is 5.97 Å². The van der Waals surface area contributed by atoms with E-state index in [1.165, 1.54) is 23.7 Å². The second-order valence-electron chi connectivity index (χ2n) is 8.56. The molecule has 3 aliphatic heterocycles. The van der Waals surface area contributed by atoms with Gasteiger partial charge in [-0.25, -0.2) is 9.79 Å². The first-order valence-corrected chi connectivity index (χ1v) is 12.7. The number of amides is 2. The molecule has 3 aliphatic rings. The van der Waals surface area contributed by atoms with Gasteiger partial charge in [0.15, 0.2) is 5.17 Å². The van der Waals surface area contributed by atoms with Gasteiger partial charge in [0, 0.05) is 12.6 Å². The van der Waals surface area contributed by atoms with Gasteiger partial charge in [-0.05, 0) is 37.0 Å². The molecule has 10 heteroatoms. The first-order chi connectivity index (χ1) is 17.9. The first-order valence-electron chi connectivity index (χ1n) is 11.8. The minimum atomic E-state index is -0.678. The standard InChI is InChI=1S/C27H25N5O4S/c1-4-36-26(35)22-23(18-11-7-5-8-12-18)31-20(15-37-27(31)29-24(22)28-17(3)33)21-16(2)30-32(25(21)34)19-13-9-6-10-14-19/h5-15,21,23H,4H2,1-3H3,(H,28,33). The molecule has 188 valence electrons. The van der Waals surface area contributed by atoms with Gasteiger partial charge in [0.2, 0.25) is 5.91 Å². The van der Waals surface area contributed by atoms with Gasteiger partial charge in [0.1, 0.15) is 17.3 Å². The van der Waals surface area contributed by atoms with Gasteiger partial charge in [-0.15, -0.1) is 0 Å². The average molecular weight is 516 g/mol. The Morgan fingerprint density at radius 2 is 1.76 bits per heavy atom. The average Bonchev–Trinajstić information content (AvgIpc) is 3.43. The number of esters is 1. The fourth-order valence-corrected chi connectivity index (χ4v) is 5.53. The molecule has 9 nitrogen and oxygen atoms in total. The molecule has 5 rings (SSSR count). The van der Waals surface area contributed by atoms with Crippen LogP contribution in [0.4, 0.5) is 5.69 Å². The lowest BCUT2D eigenvalue weighted by Crippen LogP contribution is -2.43. The zero-order chi connectivity index (χ0) is 26.1. The second-order valence-corrected chi connectivity index (χ2v) is 9.40. The zero-order valence-electron chi connectivity index (χ0n) is 20.5. The molecule has 0 fully saturated rings. The van der Waals surface area contributed by atoms with E-state index in [4.69, 9.17) is 4.74 Å². The Kier molecular flexibility index (Phi) is 6.66. The maximum absolute atomic E-state index is 13.7. The summed E-state index contributed by atoms with van der Waals surface area (Å²) in [4.78, 5) is 45.5. The molecule has 1 N–H and O–H groups in total. The van der Waals surface area contributed by atoms with E-state index >= 15 is 0 Å². The van der Waals surface area contributed by atoms with Crippen LogP contribution in [-0.2, 0) is 19.1 Å². The van der Waals surface area contributed by atoms with E-state index in [0.717, 1.165) is 5.56 Å². The van der Waals surface area contributed by atoms with Gasteiger partial charge in [0.05, 0.1) is 24.0 Å². The van der Waals surface area contributed by atoms with E-state index in [0.29, 0.717) is 22.3 Å². The molecular formula is C27H25N5O4S. The maximum atomic E-state index is 13.7. The smallest absolute Gasteiger partial charge is 0.340 e. The SMILES string of the molecule is CCOC(=O)C1=C(NC(C)=O)N=C2SC=C(C3C(=O)N(c4ccccc4)N=C3C)N2C1c1ccccc1. The number of amidine groups is 1. The molecule has 0 bridgehead atoms. The van der Waals surface area contributed by atoms with E-state index < -0.39 is 17.9 Å². The van der Waals surface area contributed by atoms with Crippen molar-refractivity contribution in [2.24, 2.45) is 16.0 Å². The van der Waals surface area contributed by atoms with Crippen molar-refractivity contribution in [2.75, 3.05) is 11.6 Å². The van der Waals surface area contributed by atoms with Crippen LogP contribution in [0.3, 0.4) is 0 Å². The number of fused-ring (bicyclic) bond motifs is 1. The summed E-state index contributed by atoms with van der Waals surface area (Å²) in [5.41, 5.74) is 2.94. The molecule has 2 amide bonds. The molecule has 2 atom stereocenters. The van der Waals surface area contributed by atoms with Crippen molar-refractivity contribution in [1.29, 1.82) is 0 Å². The molecule has 2 unspecified atom stereocenters. The summed E-state index contributed by atoms with van der Waals surface area (Å²) in [6.45, 7) is 5.06. The van der Waals surface area contributed by atoms with Gasteiger partial charge in [-0.1, -0.05) is 60.3 Å². The lowest BCUT2D eigenvalue weighted by molar-refractivity contribution is -0.139. The number of thioether (sulfide) groups is 1. The number of carbonyl (C=O) groups is 3. The minimum Gasteiger partial charge on any atom is -0.462 e. The summed E-state index contributed by atoms with van der Waals surface area (Å²) in [7, 11) is 0. The number of hydrazone groups is 1. The molecule has 0 radical (unpaired) electrons. The fourth-order valence-electron chi connectivity index (χ4n) is 4.59. The van der Waals surface area contributed by atoms with Crippen molar-refractivity contribution >= 4 is 46.1 Å². The number of nitrogens with zero attached hydrogens (tertiary/aromatic N) is 4. The Labute approximate surface area is 218 Å². The minimum absolute atomic E-state index is 0.141. The Bertz CT molecular complexity index is 1380. The normalized spacial score (nSPS) is 20.8. The zero-order valence-corrected chi connectivity index (χ0v) is 21.4. The quantitative estimate of drug-likeness (QED) is 0.585. The van der Waals surface area contributed by atoms with Crippen LogP contribution in [0.2, 0.25) is 0 Å². The monoisotopic (exact) mass is 515 g/mol. The summed E-state index contributed by atoms with van der Waals surface area (Å²) in [6.07, 6.45) is 0. The first kappa shape index (κ1) is 24.5. The predicted octanol–water partition coefficient (Wildman–Crippen LogP) is 3.94. The number of nitrogens with one attached hydrogen (secondary N) is 1. The van der Waals surface area contributed by atoms with Crippen molar-refractivity contribution in [3.63, 3.8) is 0 Å². The van der Waals surface area contributed by atoms with E-state index in [1.807, 2.05) is 77.9 Å². The second kappa shape index (κ2) is 10.1. The number of benzene rings is 2. The van der Waals surface area contributed by atoms with Gasteiger partial charge in [-0.2, -0.15) is 10.1 Å². The number of ether oxygens (including phenoxy) is 1. The summed E-state index contributed by atoms with van der Waals surface area (Å²) in [6, 6.07) is 18.0. The number of hydrogen-bond acceptors (Lipinski definition) is 8. The van der Waals surface area contributed by atoms with Crippen molar-refractivity contribution in [1.82, 2.24) is 10.2 Å². The Morgan fingerprint density at radius 1 is 1.08 bits per heavy atom. The van der Waals surface area contributed by atoms with E-state index in [2.05, 4.69) is 15.4 Å². The molecule has 3 heterocycles. The molecule has 0 aromatic heterocycles. The third-order valence-corrected chi connectivity index (χ3v) is 6.95. The van der Waals surface area contributed by atoms with Gasteiger partial charge in [-0.3, -0.25) is 9.59 Å². The molecule has 0 saturated heterocycles. The Morgan fingerprint density at radius 3 is 2.41 bits per heavy atom. The van der Waals surface area contributed by atoms with Crippen LogP contribution in [0.25, 0.3) is 0 Å². The van der Waals surface area contributed by atoms with E-state index in [9.17, 15) is 14.4 Å². The van der Waals surface area contributed by atoms with Crippen LogP contribution in [0.5, 0.6) is 0 Å². The van der Waals surface area contributed by atoms with Crippen LogP contribution >= 0.6 is 11.8 Å². The topological polar surface area (TPSA) is 104 Å². The number of hydrogen-bond donors (Lipinski definition) is 1. The van der Waals surface area contributed by atoms with Gasteiger partial charge < -0.3 is 15.0 Å². The van der Waals surface area contributed by atoms with Crippen molar-refractivity contribution in [3.05, 3.63) is 88.7 Å².